The number of likely N-dealkylation sites (tertiary alicyclic amines) is 1. The molecule has 0 bridgehead atoms. The molecule has 2 aliphatic heterocycles. The van der Waals surface area contributed by atoms with Crippen LogP contribution >= 0.6 is 24.0 Å². The first kappa shape index (κ1) is 25.9. The number of aliphatic imine (C=N–C) groups is 1. The molecule has 2 aliphatic rings. The van der Waals surface area contributed by atoms with Crippen molar-refractivity contribution in [3.63, 3.8) is 0 Å². The summed E-state index contributed by atoms with van der Waals surface area (Å²) in [5.74, 6) is 2.58. The number of nitrogens with zero attached hydrogens (tertiary/aromatic N) is 3. The van der Waals surface area contributed by atoms with Gasteiger partial charge in [0.2, 0.25) is 5.91 Å². The SMILES string of the molecule is CNC(=O)CC1CCN(C(=NCCCN2CCOCC2)NCCc2ccco2)CC1.I. The largest absolute Gasteiger partial charge is 0.469 e. The minimum atomic E-state index is 0. The van der Waals surface area contributed by atoms with E-state index in [0.717, 1.165) is 96.4 Å². The van der Waals surface area contributed by atoms with Crippen molar-refractivity contribution in [2.24, 2.45) is 10.9 Å². The molecule has 3 rings (SSSR count). The average Bonchev–Trinajstić information content (AvgIpc) is 3.30. The molecule has 2 saturated heterocycles. The van der Waals surface area contributed by atoms with Crippen LogP contribution in [0.3, 0.4) is 0 Å². The fourth-order valence-electron chi connectivity index (χ4n) is 4.04. The summed E-state index contributed by atoms with van der Waals surface area (Å²) in [5, 5.41) is 6.28. The van der Waals surface area contributed by atoms with Gasteiger partial charge in [0.15, 0.2) is 5.96 Å². The average molecular weight is 547 g/mol. The summed E-state index contributed by atoms with van der Waals surface area (Å²) in [6.45, 7) is 8.30. The highest BCUT2D eigenvalue weighted by Gasteiger charge is 2.23. The zero-order valence-corrected chi connectivity index (χ0v) is 21.0. The van der Waals surface area contributed by atoms with Gasteiger partial charge in [-0.3, -0.25) is 14.7 Å². The van der Waals surface area contributed by atoms with Crippen LogP contribution in [0.5, 0.6) is 0 Å². The molecule has 3 heterocycles. The number of carbonyl (C=O) groups excluding carboxylic acids is 1. The van der Waals surface area contributed by atoms with E-state index in [9.17, 15) is 4.79 Å². The van der Waals surface area contributed by atoms with Crippen LogP contribution in [0.1, 0.15) is 31.4 Å². The number of hydrogen-bond donors (Lipinski definition) is 2. The molecular formula is C22H38IN5O3. The second-order valence-corrected chi connectivity index (χ2v) is 8.08. The standard InChI is InChI=1S/C22H37N5O3.HI/c1-23-21(28)18-19-6-11-27(12-7-19)22(25-9-5-20-4-2-15-30-20)24-8-3-10-26-13-16-29-17-14-26;/h2,4,15,19H,3,5-14,16-18H2,1H3,(H,23,28)(H,24,25);1H. The lowest BCUT2D eigenvalue weighted by atomic mass is 9.93. The molecule has 2 fully saturated rings. The van der Waals surface area contributed by atoms with E-state index in [2.05, 4.69) is 20.4 Å². The van der Waals surface area contributed by atoms with Crippen molar-refractivity contribution < 1.29 is 13.9 Å². The van der Waals surface area contributed by atoms with E-state index >= 15 is 0 Å². The van der Waals surface area contributed by atoms with Gasteiger partial charge in [-0.25, -0.2) is 0 Å². The molecular weight excluding hydrogens is 509 g/mol. The molecule has 0 aromatic carbocycles. The molecule has 8 nitrogen and oxygen atoms in total. The maximum atomic E-state index is 11.7. The van der Waals surface area contributed by atoms with Crippen molar-refractivity contribution in [2.75, 3.05) is 66.1 Å². The van der Waals surface area contributed by atoms with E-state index in [4.69, 9.17) is 14.1 Å². The minimum Gasteiger partial charge on any atom is -0.469 e. The third-order valence-electron chi connectivity index (χ3n) is 5.90. The predicted molar refractivity (Wildman–Crippen MR) is 133 cm³/mol. The minimum absolute atomic E-state index is 0. The number of amides is 1. The number of ether oxygens (including phenoxy) is 1. The molecule has 1 amide bonds. The van der Waals surface area contributed by atoms with Crippen LogP contribution in [0, 0.1) is 5.92 Å². The number of morpholine rings is 1. The molecule has 0 aliphatic carbocycles. The van der Waals surface area contributed by atoms with Gasteiger partial charge < -0.3 is 24.7 Å². The third kappa shape index (κ3) is 9.36. The van der Waals surface area contributed by atoms with Gasteiger partial charge in [-0.15, -0.1) is 24.0 Å². The smallest absolute Gasteiger partial charge is 0.220 e. The van der Waals surface area contributed by atoms with Crippen LogP contribution in [0.15, 0.2) is 27.8 Å². The maximum Gasteiger partial charge on any atom is 0.220 e. The molecule has 9 heteroatoms. The topological polar surface area (TPSA) is 82.3 Å². The summed E-state index contributed by atoms with van der Waals surface area (Å²) in [4.78, 5) is 21.4. The van der Waals surface area contributed by atoms with Gasteiger partial charge in [-0.2, -0.15) is 0 Å². The van der Waals surface area contributed by atoms with Crippen molar-refractivity contribution in [3.05, 3.63) is 24.2 Å². The van der Waals surface area contributed by atoms with Crippen LogP contribution in [0.25, 0.3) is 0 Å². The van der Waals surface area contributed by atoms with E-state index in [1.54, 1.807) is 13.3 Å². The first-order chi connectivity index (χ1) is 14.7. The summed E-state index contributed by atoms with van der Waals surface area (Å²) < 4.78 is 10.9. The van der Waals surface area contributed by atoms with Crippen molar-refractivity contribution in [3.8, 4) is 0 Å². The Hall–Kier alpha value is -1.33. The van der Waals surface area contributed by atoms with Gasteiger partial charge in [0.05, 0.1) is 19.5 Å². The highest BCUT2D eigenvalue weighted by Crippen LogP contribution is 2.20. The molecule has 0 spiro atoms. The van der Waals surface area contributed by atoms with Crippen LogP contribution < -0.4 is 10.6 Å². The highest BCUT2D eigenvalue weighted by atomic mass is 127. The van der Waals surface area contributed by atoms with E-state index < -0.39 is 0 Å². The van der Waals surface area contributed by atoms with Crippen LogP contribution in [0.4, 0.5) is 0 Å². The van der Waals surface area contributed by atoms with E-state index in [-0.39, 0.29) is 29.9 Å². The van der Waals surface area contributed by atoms with Crippen LogP contribution in [-0.4, -0.2) is 87.7 Å². The van der Waals surface area contributed by atoms with Gasteiger partial charge in [0.25, 0.3) is 0 Å². The normalized spacial score (nSPS) is 18.5. The summed E-state index contributed by atoms with van der Waals surface area (Å²) >= 11 is 0. The number of furan rings is 1. The van der Waals surface area contributed by atoms with Crippen LogP contribution in [-0.2, 0) is 16.0 Å². The van der Waals surface area contributed by atoms with Gasteiger partial charge in [-0.1, -0.05) is 0 Å². The molecule has 1 aromatic heterocycles. The molecule has 2 N–H and O–H groups in total. The number of hydrogen-bond acceptors (Lipinski definition) is 5. The number of nitrogens with one attached hydrogen (secondary N) is 2. The Kier molecular flexibility index (Phi) is 12.3. The Bertz CT molecular complexity index is 642. The first-order valence-corrected chi connectivity index (χ1v) is 11.3. The van der Waals surface area contributed by atoms with E-state index in [1.807, 2.05) is 12.1 Å². The number of halogens is 1. The molecule has 31 heavy (non-hydrogen) atoms. The Labute approximate surface area is 203 Å². The summed E-state index contributed by atoms with van der Waals surface area (Å²) in [6, 6.07) is 3.93. The second-order valence-electron chi connectivity index (χ2n) is 8.08. The number of guanidine groups is 1. The Balaban J connectivity index is 0.00000341. The Morgan fingerprint density at radius 3 is 2.68 bits per heavy atom. The molecule has 1 aromatic rings. The van der Waals surface area contributed by atoms with Crippen molar-refractivity contribution in [2.45, 2.75) is 32.1 Å². The zero-order valence-electron chi connectivity index (χ0n) is 18.7. The lowest BCUT2D eigenvalue weighted by molar-refractivity contribution is -0.121. The monoisotopic (exact) mass is 547 g/mol. The lowest BCUT2D eigenvalue weighted by Crippen LogP contribution is -2.46. The molecule has 0 unspecified atom stereocenters. The van der Waals surface area contributed by atoms with Gasteiger partial charge >= 0.3 is 0 Å². The first-order valence-electron chi connectivity index (χ1n) is 11.3. The van der Waals surface area contributed by atoms with Crippen LogP contribution in [0.2, 0.25) is 0 Å². The van der Waals surface area contributed by atoms with Crippen molar-refractivity contribution >= 4 is 35.8 Å². The third-order valence-corrected chi connectivity index (χ3v) is 5.90. The van der Waals surface area contributed by atoms with Crippen molar-refractivity contribution in [1.82, 2.24) is 20.4 Å². The molecule has 0 radical (unpaired) electrons. The lowest BCUT2D eigenvalue weighted by Gasteiger charge is -2.34. The van der Waals surface area contributed by atoms with E-state index in [1.165, 1.54) is 0 Å². The Morgan fingerprint density at radius 1 is 1.23 bits per heavy atom. The maximum absolute atomic E-state index is 11.7. The number of carbonyl (C=O) groups is 1. The Morgan fingerprint density at radius 2 is 2.00 bits per heavy atom. The molecule has 0 atom stereocenters. The predicted octanol–water partition coefficient (Wildman–Crippen LogP) is 1.96. The van der Waals surface area contributed by atoms with Gasteiger partial charge in [-0.05, 0) is 37.3 Å². The fourth-order valence-corrected chi connectivity index (χ4v) is 4.04. The number of rotatable bonds is 9. The summed E-state index contributed by atoms with van der Waals surface area (Å²) in [7, 11) is 1.71. The fraction of sp³-hybridized carbons (Fsp3) is 0.727. The van der Waals surface area contributed by atoms with Gasteiger partial charge in [0, 0.05) is 65.7 Å². The summed E-state index contributed by atoms with van der Waals surface area (Å²) in [5.41, 5.74) is 0. The quantitative estimate of drug-likeness (QED) is 0.213. The summed E-state index contributed by atoms with van der Waals surface area (Å²) in [6.07, 6.45) is 6.29. The molecule has 176 valence electrons. The number of piperidine rings is 1. The van der Waals surface area contributed by atoms with Crippen molar-refractivity contribution in [1.29, 1.82) is 0 Å². The second kappa shape index (κ2) is 14.7. The van der Waals surface area contributed by atoms with E-state index in [0.29, 0.717) is 12.3 Å². The van der Waals surface area contributed by atoms with Gasteiger partial charge in [0.1, 0.15) is 5.76 Å². The highest BCUT2D eigenvalue weighted by molar-refractivity contribution is 14.0. The zero-order chi connectivity index (χ0) is 21.0. The molecule has 0 saturated carbocycles.